The SMILES string of the molecule is O=C(O)c1cccc2n[nH]nc12.O=C(O)c1cccc2n[nH]nc12.[Cu]. The number of aromatic nitrogens is 6. The Labute approximate surface area is 149 Å². The molecule has 25 heavy (non-hydrogen) atoms. The van der Waals surface area contributed by atoms with Crippen LogP contribution in [0.15, 0.2) is 36.4 Å². The zero-order valence-electron chi connectivity index (χ0n) is 12.3. The standard InChI is InChI=1S/2C7H5N3O2.Cu/c2*11-7(12)4-2-1-3-5-6(4)9-10-8-5;/h2*1-3H,(H,11,12)(H,8,9,10);. The second kappa shape index (κ2) is 7.51. The summed E-state index contributed by atoms with van der Waals surface area (Å²) in [6, 6.07) is 9.65. The molecule has 4 aromatic rings. The first-order chi connectivity index (χ1) is 11.6. The summed E-state index contributed by atoms with van der Waals surface area (Å²) < 4.78 is 0. The monoisotopic (exact) mass is 389 g/mol. The van der Waals surface area contributed by atoms with Crippen LogP contribution < -0.4 is 0 Å². The summed E-state index contributed by atoms with van der Waals surface area (Å²) in [6.45, 7) is 0. The molecule has 0 bridgehead atoms. The molecule has 131 valence electrons. The van der Waals surface area contributed by atoms with E-state index in [1.165, 1.54) is 12.1 Å². The zero-order chi connectivity index (χ0) is 17.1. The summed E-state index contributed by atoms with van der Waals surface area (Å²) in [5, 5.41) is 37.1. The van der Waals surface area contributed by atoms with Crippen molar-refractivity contribution in [1.29, 1.82) is 0 Å². The van der Waals surface area contributed by atoms with Crippen molar-refractivity contribution in [2.75, 3.05) is 0 Å². The quantitative estimate of drug-likeness (QED) is 0.373. The van der Waals surface area contributed by atoms with Crippen LogP contribution in [-0.4, -0.2) is 53.0 Å². The van der Waals surface area contributed by atoms with Crippen molar-refractivity contribution in [3.05, 3.63) is 47.5 Å². The predicted octanol–water partition coefficient (Wildman–Crippen LogP) is 1.31. The Kier molecular flexibility index (Phi) is 5.42. The maximum atomic E-state index is 10.6. The van der Waals surface area contributed by atoms with Gasteiger partial charge in [-0.2, -0.15) is 30.8 Å². The molecule has 11 heteroatoms. The number of fused-ring (bicyclic) bond motifs is 2. The first-order valence-corrected chi connectivity index (χ1v) is 6.63. The first-order valence-electron chi connectivity index (χ1n) is 6.63. The molecule has 10 nitrogen and oxygen atoms in total. The molecular weight excluding hydrogens is 380 g/mol. The number of nitrogens with zero attached hydrogens (tertiary/aromatic N) is 4. The van der Waals surface area contributed by atoms with E-state index < -0.39 is 11.9 Å². The minimum absolute atomic E-state index is 0. The molecule has 1 radical (unpaired) electrons. The Bertz CT molecular complexity index is 960. The number of rotatable bonds is 2. The van der Waals surface area contributed by atoms with Gasteiger partial charge >= 0.3 is 11.9 Å². The van der Waals surface area contributed by atoms with E-state index in [1.54, 1.807) is 24.3 Å². The average Bonchev–Trinajstić information content (AvgIpc) is 3.23. The maximum Gasteiger partial charge on any atom is 0.338 e. The molecular formula is C14H10CuN6O4. The molecule has 0 spiro atoms. The number of para-hydroxylation sites is 2. The number of aromatic carboxylic acids is 2. The second-order valence-corrected chi connectivity index (χ2v) is 4.60. The fourth-order valence-electron chi connectivity index (χ4n) is 2.08. The van der Waals surface area contributed by atoms with Crippen LogP contribution in [0.1, 0.15) is 20.7 Å². The van der Waals surface area contributed by atoms with Crippen LogP contribution in [0.3, 0.4) is 0 Å². The largest absolute Gasteiger partial charge is 0.478 e. The van der Waals surface area contributed by atoms with Gasteiger partial charge in [-0.25, -0.2) is 9.59 Å². The maximum absolute atomic E-state index is 10.6. The zero-order valence-corrected chi connectivity index (χ0v) is 13.2. The van der Waals surface area contributed by atoms with E-state index in [1.807, 2.05) is 0 Å². The smallest absolute Gasteiger partial charge is 0.338 e. The van der Waals surface area contributed by atoms with Crippen molar-refractivity contribution in [1.82, 2.24) is 30.8 Å². The van der Waals surface area contributed by atoms with Gasteiger partial charge in [0.1, 0.15) is 22.1 Å². The summed E-state index contributed by atoms with van der Waals surface area (Å²) in [6.07, 6.45) is 0. The first kappa shape index (κ1) is 18.0. The van der Waals surface area contributed by atoms with Crippen LogP contribution in [0.5, 0.6) is 0 Å². The summed E-state index contributed by atoms with van der Waals surface area (Å²) in [4.78, 5) is 21.3. The number of nitrogens with one attached hydrogen (secondary N) is 2. The topological polar surface area (TPSA) is 158 Å². The molecule has 4 rings (SSSR count). The van der Waals surface area contributed by atoms with E-state index in [0.717, 1.165) is 0 Å². The molecule has 2 aromatic heterocycles. The van der Waals surface area contributed by atoms with Gasteiger partial charge in [-0.05, 0) is 24.3 Å². The average molecular weight is 390 g/mol. The van der Waals surface area contributed by atoms with Crippen LogP contribution in [0.2, 0.25) is 0 Å². The van der Waals surface area contributed by atoms with Gasteiger partial charge in [-0.15, -0.1) is 0 Å². The Morgan fingerprint density at radius 1 is 0.720 bits per heavy atom. The van der Waals surface area contributed by atoms with E-state index in [-0.39, 0.29) is 28.2 Å². The van der Waals surface area contributed by atoms with E-state index in [4.69, 9.17) is 10.2 Å². The Balaban J connectivity index is 0.000000173. The van der Waals surface area contributed by atoms with Gasteiger partial charge < -0.3 is 10.2 Å². The second-order valence-electron chi connectivity index (χ2n) is 4.60. The minimum atomic E-state index is -0.991. The normalized spacial score (nSPS) is 9.92. The van der Waals surface area contributed by atoms with E-state index in [2.05, 4.69) is 30.8 Å². The van der Waals surface area contributed by atoms with Crippen molar-refractivity contribution < 1.29 is 36.9 Å². The Hall–Kier alpha value is -3.30. The third-order valence-electron chi connectivity index (χ3n) is 3.15. The van der Waals surface area contributed by atoms with E-state index in [0.29, 0.717) is 22.1 Å². The predicted molar refractivity (Wildman–Crippen MR) is 81.7 cm³/mol. The van der Waals surface area contributed by atoms with Crippen LogP contribution in [0.4, 0.5) is 0 Å². The van der Waals surface area contributed by atoms with Gasteiger partial charge in [0.05, 0.1) is 11.1 Å². The summed E-state index contributed by atoms with van der Waals surface area (Å²) in [7, 11) is 0. The molecule has 0 amide bonds. The van der Waals surface area contributed by atoms with Crippen LogP contribution in [0.25, 0.3) is 22.1 Å². The Morgan fingerprint density at radius 2 is 1.12 bits per heavy atom. The molecule has 0 aliphatic rings. The summed E-state index contributed by atoms with van der Waals surface area (Å²) >= 11 is 0. The van der Waals surface area contributed by atoms with Crippen LogP contribution >= 0.6 is 0 Å². The van der Waals surface area contributed by atoms with Gasteiger partial charge in [-0.1, -0.05) is 12.1 Å². The molecule has 0 atom stereocenters. The van der Waals surface area contributed by atoms with Crippen molar-refractivity contribution in [3.8, 4) is 0 Å². The van der Waals surface area contributed by atoms with Gasteiger partial charge in [0.2, 0.25) is 0 Å². The molecule has 2 aromatic carbocycles. The fourth-order valence-corrected chi connectivity index (χ4v) is 2.08. The van der Waals surface area contributed by atoms with Crippen molar-refractivity contribution >= 4 is 34.0 Å². The summed E-state index contributed by atoms with van der Waals surface area (Å²) in [5.41, 5.74) is 2.25. The number of H-pyrrole nitrogens is 2. The molecule has 0 aliphatic heterocycles. The molecule has 4 N–H and O–H groups in total. The number of carbonyl (C=O) groups is 2. The molecule has 0 fully saturated rings. The number of hydrogen-bond acceptors (Lipinski definition) is 6. The van der Waals surface area contributed by atoms with Crippen molar-refractivity contribution in [2.45, 2.75) is 0 Å². The number of carboxylic acids is 2. The summed E-state index contributed by atoms with van der Waals surface area (Å²) in [5.74, 6) is -1.98. The number of hydrogen-bond donors (Lipinski definition) is 4. The third kappa shape index (κ3) is 3.62. The third-order valence-corrected chi connectivity index (χ3v) is 3.15. The van der Waals surface area contributed by atoms with E-state index >= 15 is 0 Å². The van der Waals surface area contributed by atoms with Gasteiger partial charge in [0, 0.05) is 17.1 Å². The van der Waals surface area contributed by atoms with Crippen LogP contribution in [0, 0.1) is 0 Å². The fraction of sp³-hybridized carbons (Fsp3) is 0. The molecule has 0 saturated carbocycles. The van der Waals surface area contributed by atoms with Crippen LogP contribution in [-0.2, 0) is 17.1 Å². The van der Waals surface area contributed by atoms with Gasteiger partial charge in [0.25, 0.3) is 0 Å². The number of carboxylic acid groups (broad SMARTS) is 2. The number of aromatic amines is 2. The Morgan fingerprint density at radius 3 is 1.48 bits per heavy atom. The number of benzene rings is 2. The molecule has 0 aliphatic carbocycles. The van der Waals surface area contributed by atoms with E-state index in [9.17, 15) is 9.59 Å². The minimum Gasteiger partial charge on any atom is -0.478 e. The van der Waals surface area contributed by atoms with Crippen molar-refractivity contribution in [2.24, 2.45) is 0 Å². The van der Waals surface area contributed by atoms with Gasteiger partial charge in [0.15, 0.2) is 0 Å². The van der Waals surface area contributed by atoms with Crippen molar-refractivity contribution in [3.63, 3.8) is 0 Å². The molecule has 2 heterocycles. The molecule has 0 saturated heterocycles. The molecule has 0 unspecified atom stereocenters. The van der Waals surface area contributed by atoms with Gasteiger partial charge in [-0.3, -0.25) is 0 Å².